The van der Waals surface area contributed by atoms with Crippen LogP contribution < -0.4 is 9.64 Å². The third kappa shape index (κ3) is 5.26. The van der Waals surface area contributed by atoms with E-state index in [-0.39, 0.29) is 24.9 Å². The molecule has 0 aliphatic carbocycles. The minimum atomic E-state index is -0.331. The van der Waals surface area contributed by atoms with Gasteiger partial charge in [-0.1, -0.05) is 18.2 Å². The number of anilines is 1. The molecule has 1 amide bonds. The molecule has 0 atom stereocenters. The fourth-order valence-corrected chi connectivity index (χ4v) is 3.94. The number of rotatable bonds is 7. The summed E-state index contributed by atoms with van der Waals surface area (Å²) in [6.45, 7) is 4.84. The third-order valence-corrected chi connectivity index (χ3v) is 5.21. The maximum absolute atomic E-state index is 12.2. The van der Waals surface area contributed by atoms with Crippen molar-refractivity contribution in [1.29, 1.82) is 0 Å². The number of hydrogen-bond acceptors (Lipinski definition) is 5. The van der Waals surface area contributed by atoms with Gasteiger partial charge < -0.3 is 14.4 Å². The second-order valence-electron chi connectivity index (χ2n) is 6.44. The van der Waals surface area contributed by atoms with Crippen LogP contribution in [0.4, 0.5) is 5.69 Å². The number of para-hydroxylation sites is 1. The summed E-state index contributed by atoms with van der Waals surface area (Å²) in [7, 11) is 0. The molecule has 2 aromatic carbocycles. The molecule has 0 bridgehead atoms. The van der Waals surface area contributed by atoms with Crippen molar-refractivity contribution in [3.63, 3.8) is 0 Å². The number of benzene rings is 2. The van der Waals surface area contributed by atoms with Crippen molar-refractivity contribution in [2.75, 3.05) is 30.4 Å². The summed E-state index contributed by atoms with van der Waals surface area (Å²) in [5.74, 6) is 0.860. The normalized spacial score (nSPS) is 13.3. The Morgan fingerprint density at radius 3 is 2.63 bits per heavy atom. The Balaban J connectivity index is 1.43. The first-order chi connectivity index (χ1) is 13.0. The molecule has 1 aliphatic rings. The van der Waals surface area contributed by atoms with E-state index in [1.54, 1.807) is 4.90 Å². The number of thioether (sulfide) groups is 1. The van der Waals surface area contributed by atoms with Crippen molar-refractivity contribution in [3.8, 4) is 5.75 Å². The summed E-state index contributed by atoms with van der Waals surface area (Å²) in [5.41, 5.74) is 3.13. The van der Waals surface area contributed by atoms with Crippen LogP contribution in [-0.2, 0) is 14.3 Å². The molecule has 2 aromatic rings. The maximum atomic E-state index is 12.2. The second-order valence-corrected chi connectivity index (χ2v) is 7.46. The molecule has 0 aromatic heterocycles. The highest BCUT2D eigenvalue weighted by molar-refractivity contribution is 8.00. The average molecular weight is 385 g/mol. The van der Waals surface area contributed by atoms with Crippen molar-refractivity contribution < 1.29 is 19.1 Å². The molecule has 0 saturated carbocycles. The van der Waals surface area contributed by atoms with Crippen LogP contribution in [0.25, 0.3) is 0 Å². The zero-order valence-electron chi connectivity index (χ0n) is 15.6. The van der Waals surface area contributed by atoms with E-state index in [1.807, 2.05) is 50.2 Å². The Morgan fingerprint density at radius 1 is 1.11 bits per heavy atom. The first kappa shape index (κ1) is 19.3. The van der Waals surface area contributed by atoms with Gasteiger partial charge in [0.25, 0.3) is 0 Å². The van der Waals surface area contributed by atoms with E-state index in [1.165, 1.54) is 11.8 Å². The molecule has 27 heavy (non-hydrogen) atoms. The van der Waals surface area contributed by atoms with E-state index in [4.69, 9.17) is 9.47 Å². The van der Waals surface area contributed by atoms with Crippen molar-refractivity contribution in [3.05, 3.63) is 53.6 Å². The number of esters is 1. The standard InChI is InChI=1S/C21H23NO4S/c1-15-11-16(2)13-17(12-15)25-9-10-26-21(24)7-8-22-18-5-3-4-6-19(18)27-14-20(22)23/h3-6,11-13H,7-10,14H2,1-2H3. The smallest absolute Gasteiger partial charge is 0.307 e. The van der Waals surface area contributed by atoms with E-state index >= 15 is 0 Å². The molecule has 0 radical (unpaired) electrons. The van der Waals surface area contributed by atoms with Gasteiger partial charge in [0.1, 0.15) is 19.0 Å². The van der Waals surface area contributed by atoms with Gasteiger partial charge in [-0.15, -0.1) is 11.8 Å². The van der Waals surface area contributed by atoms with Crippen LogP contribution in [0.3, 0.4) is 0 Å². The Bertz CT molecular complexity index is 816. The average Bonchev–Trinajstić information content (AvgIpc) is 2.63. The topological polar surface area (TPSA) is 55.8 Å². The monoisotopic (exact) mass is 385 g/mol. The van der Waals surface area contributed by atoms with Crippen LogP contribution in [0.1, 0.15) is 17.5 Å². The highest BCUT2D eigenvalue weighted by Gasteiger charge is 2.24. The zero-order chi connectivity index (χ0) is 19.2. The molecule has 1 aliphatic heterocycles. The first-order valence-electron chi connectivity index (χ1n) is 8.92. The van der Waals surface area contributed by atoms with Gasteiger partial charge in [-0.3, -0.25) is 9.59 Å². The van der Waals surface area contributed by atoms with E-state index in [2.05, 4.69) is 6.07 Å². The van der Waals surface area contributed by atoms with E-state index in [9.17, 15) is 9.59 Å². The molecule has 0 N–H and O–H groups in total. The zero-order valence-corrected chi connectivity index (χ0v) is 16.4. The van der Waals surface area contributed by atoms with Crippen molar-refractivity contribution >= 4 is 29.3 Å². The number of amides is 1. The first-order valence-corrected chi connectivity index (χ1v) is 9.90. The fraction of sp³-hybridized carbons (Fsp3) is 0.333. The van der Waals surface area contributed by atoms with Gasteiger partial charge in [0.15, 0.2) is 0 Å². The van der Waals surface area contributed by atoms with E-state index < -0.39 is 0 Å². The van der Waals surface area contributed by atoms with Crippen molar-refractivity contribution in [2.24, 2.45) is 0 Å². The van der Waals surface area contributed by atoms with Crippen LogP contribution in [0.15, 0.2) is 47.4 Å². The predicted octanol–water partition coefficient (Wildman–Crippen LogP) is 3.75. The largest absolute Gasteiger partial charge is 0.490 e. The van der Waals surface area contributed by atoms with Crippen LogP contribution in [0.2, 0.25) is 0 Å². The van der Waals surface area contributed by atoms with Crippen LogP contribution in [0, 0.1) is 13.8 Å². The second kappa shape index (κ2) is 8.95. The van der Waals surface area contributed by atoms with Gasteiger partial charge in [-0.05, 0) is 49.2 Å². The number of fused-ring (bicyclic) bond motifs is 1. The quantitative estimate of drug-likeness (QED) is 0.537. The SMILES string of the molecule is Cc1cc(C)cc(OCCOC(=O)CCN2C(=O)CSc3ccccc32)c1. The lowest BCUT2D eigenvalue weighted by Crippen LogP contribution is -2.37. The van der Waals surface area contributed by atoms with Crippen LogP contribution in [-0.4, -0.2) is 37.4 Å². The minimum absolute atomic E-state index is 0.0182. The minimum Gasteiger partial charge on any atom is -0.490 e. The molecular weight excluding hydrogens is 362 g/mol. The van der Waals surface area contributed by atoms with E-state index in [0.29, 0.717) is 18.9 Å². The molecule has 5 nitrogen and oxygen atoms in total. The summed E-state index contributed by atoms with van der Waals surface area (Å²) in [6.07, 6.45) is 0.161. The van der Waals surface area contributed by atoms with E-state index in [0.717, 1.165) is 27.5 Å². The Hall–Kier alpha value is -2.47. The number of nitrogens with zero attached hydrogens (tertiary/aromatic N) is 1. The Morgan fingerprint density at radius 2 is 1.85 bits per heavy atom. The van der Waals surface area contributed by atoms with Gasteiger partial charge in [0.2, 0.25) is 5.91 Å². The summed E-state index contributed by atoms with van der Waals surface area (Å²) in [4.78, 5) is 26.9. The summed E-state index contributed by atoms with van der Waals surface area (Å²) >= 11 is 1.53. The maximum Gasteiger partial charge on any atom is 0.307 e. The number of carbonyl (C=O) groups excluding carboxylic acids is 2. The molecule has 0 fully saturated rings. The molecule has 0 unspecified atom stereocenters. The fourth-order valence-electron chi connectivity index (χ4n) is 3.01. The van der Waals surface area contributed by atoms with Crippen LogP contribution in [0.5, 0.6) is 5.75 Å². The molecule has 3 rings (SSSR count). The highest BCUT2D eigenvalue weighted by Crippen LogP contribution is 2.34. The Kier molecular flexibility index (Phi) is 6.40. The van der Waals surface area contributed by atoms with Crippen molar-refractivity contribution in [2.45, 2.75) is 25.2 Å². The summed E-state index contributed by atoms with van der Waals surface area (Å²) in [6, 6.07) is 13.7. The molecule has 142 valence electrons. The van der Waals surface area contributed by atoms with Gasteiger partial charge in [0, 0.05) is 11.4 Å². The van der Waals surface area contributed by atoms with Gasteiger partial charge in [-0.2, -0.15) is 0 Å². The van der Waals surface area contributed by atoms with Crippen molar-refractivity contribution in [1.82, 2.24) is 0 Å². The predicted molar refractivity (Wildman–Crippen MR) is 107 cm³/mol. The number of hydrogen-bond donors (Lipinski definition) is 0. The number of ether oxygens (including phenoxy) is 2. The molecule has 0 spiro atoms. The lowest BCUT2D eigenvalue weighted by atomic mass is 10.1. The summed E-state index contributed by atoms with van der Waals surface area (Å²) in [5, 5.41) is 0. The summed E-state index contributed by atoms with van der Waals surface area (Å²) < 4.78 is 10.9. The molecule has 1 heterocycles. The lowest BCUT2D eigenvalue weighted by molar-refractivity contribution is -0.144. The Labute approximate surface area is 163 Å². The molecule has 6 heteroatoms. The van der Waals surface area contributed by atoms with Gasteiger partial charge in [-0.25, -0.2) is 0 Å². The molecular formula is C21H23NO4S. The van der Waals surface area contributed by atoms with Gasteiger partial charge in [0.05, 0.1) is 17.9 Å². The third-order valence-electron chi connectivity index (χ3n) is 4.16. The molecule has 0 saturated heterocycles. The number of carbonyl (C=O) groups is 2. The number of aryl methyl sites for hydroxylation is 2. The highest BCUT2D eigenvalue weighted by atomic mass is 32.2. The lowest BCUT2D eigenvalue weighted by Gasteiger charge is -2.28. The van der Waals surface area contributed by atoms with Crippen LogP contribution >= 0.6 is 11.8 Å². The van der Waals surface area contributed by atoms with Gasteiger partial charge >= 0.3 is 5.97 Å².